The van der Waals surface area contributed by atoms with Gasteiger partial charge in [-0.25, -0.2) is 0 Å². The largest absolute Gasteiger partial charge is 0.322 e. The number of rotatable bonds is 5. The first kappa shape index (κ1) is 22.6. The lowest BCUT2D eigenvalue weighted by Gasteiger charge is -2.28. The number of hydrogen-bond acceptors (Lipinski definition) is 4. The molecule has 3 aromatic carbocycles. The number of carbonyl (C=O) groups excluding carboxylic acids is 2. The van der Waals surface area contributed by atoms with E-state index >= 15 is 0 Å². The lowest BCUT2D eigenvalue weighted by atomic mass is 10.00. The second-order valence-corrected chi connectivity index (χ2v) is 8.38. The number of fused-ring (bicyclic) bond motifs is 1. The summed E-state index contributed by atoms with van der Waals surface area (Å²) < 4.78 is 1.56. The summed E-state index contributed by atoms with van der Waals surface area (Å²) in [6.45, 7) is 0.910. The molecule has 0 spiro atoms. The van der Waals surface area contributed by atoms with Crippen LogP contribution in [-0.2, 0) is 13.0 Å². The molecule has 0 fully saturated rings. The van der Waals surface area contributed by atoms with Gasteiger partial charge >= 0.3 is 0 Å². The predicted molar refractivity (Wildman–Crippen MR) is 137 cm³/mol. The van der Waals surface area contributed by atoms with Crippen LogP contribution < -0.4 is 10.2 Å². The van der Waals surface area contributed by atoms with E-state index in [0.717, 1.165) is 22.4 Å². The Morgan fingerprint density at radius 2 is 1.86 bits per heavy atom. The van der Waals surface area contributed by atoms with Crippen molar-refractivity contribution in [2.75, 3.05) is 16.8 Å². The molecule has 1 N–H and O–H groups in total. The Labute approximate surface area is 208 Å². The van der Waals surface area contributed by atoms with Gasteiger partial charge in [-0.15, -0.1) is 6.42 Å². The van der Waals surface area contributed by atoms with E-state index in [4.69, 9.17) is 11.7 Å². The zero-order valence-electron chi connectivity index (χ0n) is 19.3. The van der Waals surface area contributed by atoms with Crippen molar-refractivity contribution >= 4 is 23.2 Å². The number of nitrogens with one attached hydrogen (secondary N) is 1. The van der Waals surface area contributed by atoms with Crippen molar-refractivity contribution in [2.24, 2.45) is 0 Å². The van der Waals surface area contributed by atoms with Gasteiger partial charge in [0.2, 0.25) is 0 Å². The van der Waals surface area contributed by atoms with Gasteiger partial charge in [0, 0.05) is 23.5 Å². The summed E-state index contributed by atoms with van der Waals surface area (Å²) in [6.07, 6.45) is 7.72. The Morgan fingerprint density at radius 3 is 2.64 bits per heavy atom. The molecule has 0 unspecified atom stereocenters. The van der Waals surface area contributed by atoms with Gasteiger partial charge in [0.25, 0.3) is 11.8 Å². The zero-order valence-corrected chi connectivity index (χ0v) is 19.3. The van der Waals surface area contributed by atoms with Gasteiger partial charge in [-0.05, 0) is 53.9 Å². The molecule has 0 atom stereocenters. The van der Waals surface area contributed by atoms with E-state index < -0.39 is 5.91 Å². The first-order valence-corrected chi connectivity index (χ1v) is 11.4. The number of nitrogens with zero attached hydrogens (tertiary/aromatic N) is 4. The highest BCUT2D eigenvalue weighted by Crippen LogP contribution is 2.25. The highest BCUT2D eigenvalue weighted by molar-refractivity contribution is 6.15. The molecule has 0 saturated carbocycles. The number of carbonyl (C=O) groups is 2. The van der Waals surface area contributed by atoms with E-state index in [9.17, 15) is 9.59 Å². The Bertz CT molecular complexity index is 1550. The third-order valence-electron chi connectivity index (χ3n) is 6.13. The molecular formula is C29H21N5O2. The lowest BCUT2D eigenvalue weighted by molar-refractivity contribution is 0.0947. The number of amides is 2. The van der Waals surface area contributed by atoms with Crippen LogP contribution in [0.25, 0.3) is 0 Å². The number of aromatic nitrogens is 2. The van der Waals surface area contributed by atoms with E-state index in [-0.39, 0.29) is 17.2 Å². The minimum absolute atomic E-state index is 0.189. The molecule has 174 valence electrons. The van der Waals surface area contributed by atoms with Crippen LogP contribution in [0.15, 0.2) is 79.0 Å². The number of nitriles is 1. The van der Waals surface area contributed by atoms with Gasteiger partial charge in [0.15, 0.2) is 0 Å². The van der Waals surface area contributed by atoms with E-state index in [1.54, 1.807) is 33.8 Å². The van der Waals surface area contributed by atoms with Crippen LogP contribution in [0, 0.1) is 23.7 Å². The van der Waals surface area contributed by atoms with Crippen LogP contribution in [0.5, 0.6) is 0 Å². The van der Waals surface area contributed by atoms with Gasteiger partial charge < -0.3 is 10.2 Å². The van der Waals surface area contributed by atoms with Gasteiger partial charge in [0.05, 0.1) is 29.9 Å². The first-order chi connectivity index (χ1) is 17.6. The molecule has 2 heterocycles. The predicted octanol–water partition coefficient (Wildman–Crippen LogP) is 4.24. The second kappa shape index (κ2) is 9.61. The normalized spacial score (nSPS) is 12.4. The minimum Gasteiger partial charge on any atom is -0.322 e. The van der Waals surface area contributed by atoms with E-state index in [0.29, 0.717) is 30.8 Å². The topological polar surface area (TPSA) is 91.0 Å². The van der Waals surface area contributed by atoms with Crippen LogP contribution in [-0.4, -0.2) is 28.1 Å². The summed E-state index contributed by atoms with van der Waals surface area (Å²) in [5.74, 6) is 1.97. The van der Waals surface area contributed by atoms with Gasteiger partial charge in [0.1, 0.15) is 5.69 Å². The van der Waals surface area contributed by atoms with Crippen LogP contribution in [0.2, 0.25) is 0 Å². The zero-order chi connectivity index (χ0) is 25.1. The number of benzene rings is 3. The van der Waals surface area contributed by atoms with Crippen molar-refractivity contribution in [2.45, 2.75) is 13.0 Å². The standard InChI is InChI=1S/C29H21N5O2/c1-2-22-7-3-4-8-23(22)16-20-10-12-25(13-11-20)33-14-15-34-27(29(33)36)26(19-31-34)28(35)32-24-9-5-6-21(17-24)18-30/h1,3-13,17,19H,14-16H2,(H,32,35). The molecule has 2 amide bonds. The monoisotopic (exact) mass is 471 g/mol. The summed E-state index contributed by atoms with van der Waals surface area (Å²) in [4.78, 5) is 28.1. The fourth-order valence-corrected chi connectivity index (χ4v) is 4.31. The quantitative estimate of drug-likeness (QED) is 0.441. The maximum atomic E-state index is 13.4. The van der Waals surface area contributed by atoms with Gasteiger partial charge in [-0.3, -0.25) is 14.3 Å². The molecule has 0 bridgehead atoms. The van der Waals surface area contributed by atoms with Crippen LogP contribution >= 0.6 is 0 Å². The smallest absolute Gasteiger partial charge is 0.277 e. The van der Waals surface area contributed by atoms with Crippen molar-refractivity contribution in [3.63, 3.8) is 0 Å². The van der Waals surface area contributed by atoms with Crippen molar-refractivity contribution in [3.8, 4) is 18.4 Å². The molecule has 0 aliphatic carbocycles. The SMILES string of the molecule is C#Cc1ccccc1Cc1ccc(N2CCn3ncc(C(=O)Nc4cccc(C#N)c4)c3C2=O)cc1. The molecule has 1 aliphatic rings. The maximum absolute atomic E-state index is 13.4. The third kappa shape index (κ3) is 4.34. The summed E-state index contributed by atoms with van der Waals surface area (Å²) in [7, 11) is 0. The van der Waals surface area contributed by atoms with Gasteiger partial charge in [-0.1, -0.05) is 42.3 Å². The number of anilines is 2. The summed E-state index contributed by atoms with van der Waals surface area (Å²) in [5, 5.41) is 16.1. The Morgan fingerprint density at radius 1 is 1.06 bits per heavy atom. The Kier molecular flexibility index (Phi) is 6.05. The number of hydrogen-bond donors (Lipinski definition) is 1. The van der Waals surface area contributed by atoms with E-state index in [2.05, 4.69) is 16.3 Å². The average molecular weight is 472 g/mol. The average Bonchev–Trinajstić information content (AvgIpc) is 3.35. The molecule has 0 radical (unpaired) electrons. The van der Waals surface area contributed by atoms with E-state index in [1.807, 2.05) is 54.6 Å². The molecule has 1 aliphatic heterocycles. The summed E-state index contributed by atoms with van der Waals surface area (Å²) >= 11 is 0. The maximum Gasteiger partial charge on any atom is 0.277 e. The molecule has 1 aromatic heterocycles. The van der Waals surface area contributed by atoms with Crippen molar-refractivity contribution < 1.29 is 9.59 Å². The molecule has 36 heavy (non-hydrogen) atoms. The Hall–Kier alpha value is -5.14. The molecule has 7 nitrogen and oxygen atoms in total. The summed E-state index contributed by atoms with van der Waals surface area (Å²) in [5.41, 5.74) is 5.09. The molecule has 5 rings (SSSR count). The fraction of sp³-hybridized carbons (Fsp3) is 0.103. The van der Waals surface area contributed by atoms with Crippen molar-refractivity contribution in [1.82, 2.24) is 9.78 Å². The fourth-order valence-electron chi connectivity index (χ4n) is 4.31. The van der Waals surface area contributed by atoms with Crippen LogP contribution in [0.1, 0.15) is 43.1 Å². The first-order valence-electron chi connectivity index (χ1n) is 11.4. The van der Waals surface area contributed by atoms with Crippen molar-refractivity contribution in [3.05, 3.63) is 113 Å². The highest BCUT2D eigenvalue weighted by atomic mass is 16.2. The Balaban J connectivity index is 1.35. The summed E-state index contributed by atoms with van der Waals surface area (Å²) in [6, 6.07) is 24.2. The highest BCUT2D eigenvalue weighted by Gasteiger charge is 2.32. The number of terminal acetylenes is 1. The third-order valence-corrected chi connectivity index (χ3v) is 6.13. The van der Waals surface area contributed by atoms with Gasteiger partial charge in [-0.2, -0.15) is 10.4 Å². The lowest BCUT2D eigenvalue weighted by Crippen LogP contribution is -2.41. The van der Waals surface area contributed by atoms with Crippen molar-refractivity contribution in [1.29, 1.82) is 5.26 Å². The van der Waals surface area contributed by atoms with Crippen LogP contribution in [0.3, 0.4) is 0 Å². The van der Waals surface area contributed by atoms with E-state index in [1.165, 1.54) is 6.20 Å². The molecule has 7 heteroatoms. The molecule has 0 saturated heterocycles. The minimum atomic E-state index is -0.455. The van der Waals surface area contributed by atoms with Crippen LogP contribution in [0.4, 0.5) is 11.4 Å². The second-order valence-electron chi connectivity index (χ2n) is 8.38. The molecule has 4 aromatic rings. The molecular weight excluding hydrogens is 450 g/mol.